The Balaban J connectivity index is 1.66. The molecule has 170 valence electrons. The number of nitrogens with one attached hydrogen (secondary N) is 1. The number of urea groups is 1. The minimum Gasteiger partial charge on any atom is -0.334 e. The van der Waals surface area contributed by atoms with Crippen LogP contribution in [-0.2, 0) is 0 Å². The molecule has 1 aliphatic rings. The van der Waals surface area contributed by atoms with Gasteiger partial charge in [-0.1, -0.05) is 76.4 Å². The molecular weight excluding hydrogens is 448 g/mol. The fourth-order valence-corrected chi connectivity index (χ4v) is 4.37. The summed E-state index contributed by atoms with van der Waals surface area (Å²) in [6.07, 6.45) is 0. The molecule has 6 nitrogen and oxygen atoms in total. The van der Waals surface area contributed by atoms with E-state index < -0.39 is 6.04 Å². The van der Waals surface area contributed by atoms with Crippen molar-refractivity contribution in [2.45, 2.75) is 26.8 Å². The number of carbonyl (C=O) groups is 1. The van der Waals surface area contributed by atoms with Gasteiger partial charge in [-0.15, -0.1) is 0 Å². The zero-order chi connectivity index (χ0) is 23.8. The molecule has 0 saturated heterocycles. The van der Waals surface area contributed by atoms with Crippen molar-refractivity contribution in [3.05, 3.63) is 106 Å². The lowest BCUT2D eigenvalue weighted by molar-refractivity contribution is 0.244. The summed E-state index contributed by atoms with van der Waals surface area (Å²) in [5.74, 6) is 0.847. The van der Waals surface area contributed by atoms with E-state index >= 15 is 0 Å². The smallest absolute Gasteiger partial charge is 0.326 e. The van der Waals surface area contributed by atoms with Crippen molar-refractivity contribution in [2.75, 3.05) is 4.90 Å². The van der Waals surface area contributed by atoms with Gasteiger partial charge in [-0.05, 0) is 50.6 Å². The van der Waals surface area contributed by atoms with E-state index in [2.05, 4.69) is 10.5 Å². The SMILES string of the molecule is CC1=C(c2nc(-c3cccc(C)c3)no2)C(c2ccc(C)cc2)NC(=O)N1c1cccc(Cl)c1. The number of aryl methyl sites for hydroxylation is 2. The predicted molar refractivity (Wildman–Crippen MR) is 133 cm³/mol. The second-order valence-corrected chi connectivity index (χ2v) is 8.84. The van der Waals surface area contributed by atoms with Crippen LogP contribution in [0.4, 0.5) is 10.5 Å². The fourth-order valence-electron chi connectivity index (χ4n) is 4.19. The van der Waals surface area contributed by atoms with E-state index in [0.29, 0.717) is 28.1 Å². The fraction of sp³-hybridized carbons (Fsp3) is 0.148. The number of benzene rings is 3. The van der Waals surface area contributed by atoms with Gasteiger partial charge in [0, 0.05) is 16.3 Å². The zero-order valence-corrected chi connectivity index (χ0v) is 19.8. The Kier molecular flexibility index (Phi) is 5.67. The van der Waals surface area contributed by atoms with Crippen molar-refractivity contribution in [3.63, 3.8) is 0 Å². The third-order valence-corrected chi connectivity index (χ3v) is 6.13. The summed E-state index contributed by atoms with van der Waals surface area (Å²) in [5.41, 5.74) is 6.11. The van der Waals surface area contributed by atoms with E-state index in [1.54, 1.807) is 17.0 Å². The summed E-state index contributed by atoms with van der Waals surface area (Å²) in [7, 11) is 0. The maximum absolute atomic E-state index is 13.3. The highest BCUT2D eigenvalue weighted by molar-refractivity contribution is 6.31. The molecule has 1 aliphatic heterocycles. The van der Waals surface area contributed by atoms with Gasteiger partial charge < -0.3 is 9.84 Å². The number of hydrogen-bond acceptors (Lipinski definition) is 4. The predicted octanol–water partition coefficient (Wildman–Crippen LogP) is 6.71. The van der Waals surface area contributed by atoms with Crippen LogP contribution in [0, 0.1) is 13.8 Å². The van der Waals surface area contributed by atoms with Crippen molar-refractivity contribution < 1.29 is 9.32 Å². The quantitative estimate of drug-likeness (QED) is 0.360. The average Bonchev–Trinajstić information content (AvgIpc) is 3.29. The summed E-state index contributed by atoms with van der Waals surface area (Å²) in [6.45, 7) is 5.93. The standard InChI is InChI=1S/C27H23ClN4O2/c1-16-10-12-19(13-11-16)24-23(26-30-25(31-34-26)20-7-4-6-17(2)14-20)18(3)32(27(33)29-24)22-9-5-8-21(28)15-22/h4-15,24H,1-3H3,(H,29,33). The van der Waals surface area contributed by atoms with Gasteiger partial charge in [-0.3, -0.25) is 4.90 Å². The number of allylic oxidation sites excluding steroid dienone is 1. The maximum Gasteiger partial charge on any atom is 0.326 e. The van der Waals surface area contributed by atoms with E-state index in [1.807, 2.05) is 81.4 Å². The van der Waals surface area contributed by atoms with Crippen molar-refractivity contribution >= 4 is 28.9 Å². The first-order valence-corrected chi connectivity index (χ1v) is 11.3. The van der Waals surface area contributed by atoms with Crippen LogP contribution in [0.1, 0.15) is 35.5 Å². The highest BCUT2D eigenvalue weighted by Gasteiger charge is 2.36. The van der Waals surface area contributed by atoms with Crippen LogP contribution in [0.2, 0.25) is 5.02 Å². The Bertz CT molecular complexity index is 1410. The molecule has 3 aromatic carbocycles. The van der Waals surface area contributed by atoms with E-state index in [-0.39, 0.29) is 6.03 Å². The lowest BCUT2D eigenvalue weighted by Crippen LogP contribution is -2.46. The van der Waals surface area contributed by atoms with Gasteiger partial charge in [0.2, 0.25) is 5.82 Å². The molecule has 2 heterocycles. The number of halogens is 1. The van der Waals surface area contributed by atoms with Gasteiger partial charge >= 0.3 is 6.03 Å². The highest BCUT2D eigenvalue weighted by Crippen LogP contribution is 2.39. The number of carbonyl (C=O) groups excluding carboxylic acids is 1. The third-order valence-electron chi connectivity index (χ3n) is 5.89. The van der Waals surface area contributed by atoms with Gasteiger partial charge in [-0.25, -0.2) is 4.79 Å². The molecule has 4 aromatic rings. The number of nitrogens with zero attached hydrogens (tertiary/aromatic N) is 3. The van der Waals surface area contributed by atoms with Crippen molar-refractivity contribution in [2.24, 2.45) is 0 Å². The van der Waals surface area contributed by atoms with E-state index in [1.165, 1.54) is 0 Å². The highest BCUT2D eigenvalue weighted by atomic mass is 35.5. The number of rotatable bonds is 4. The maximum atomic E-state index is 13.3. The summed E-state index contributed by atoms with van der Waals surface area (Å²) >= 11 is 6.22. The Morgan fingerprint density at radius 1 is 0.941 bits per heavy atom. The van der Waals surface area contributed by atoms with Gasteiger partial charge in [-0.2, -0.15) is 4.98 Å². The molecule has 2 amide bonds. The number of aromatic nitrogens is 2. The first-order valence-electron chi connectivity index (χ1n) is 11.0. The zero-order valence-electron chi connectivity index (χ0n) is 19.0. The normalized spacial score (nSPS) is 16.1. The second kappa shape index (κ2) is 8.80. The molecule has 0 aliphatic carbocycles. The molecule has 0 radical (unpaired) electrons. The molecule has 0 saturated carbocycles. The van der Waals surface area contributed by atoms with Gasteiger partial charge in [0.05, 0.1) is 17.3 Å². The molecule has 0 spiro atoms. The molecular formula is C27H23ClN4O2. The molecule has 0 bridgehead atoms. The van der Waals surface area contributed by atoms with E-state index in [9.17, 15) is 4.79 Å². The minimum absolute atomic E-state index is 0.257. The van der Waals surface area contributed by atoms with E-state index in [4.69, 9.17) is 21.1 Å². The van der Waals surface area contributed by atoms with Crippen molar-refractivity contribution in [1.29, 1.82) is 0 Å². The first-order chi connectivity index (χ1) is 16.4. The van der Waals surface area contributed by atoms with E-state index in [0.717, 1.165) is 27.8 Å². The topological polar surface area (TPSA) is 71.3 Å². The number of amides is 2. The van der Waals surface area contributed by atoms with Crippen LogP contribution in [-0.4, -0.2) is 16.2 Å². The lowest BCUT2D eigenvalue weighted by Gasteiger charge is -2.35. The number of anilines is 1. The summed E-state index contributed by atoms with van der Waals surface area (Å²) < 4.78 is 5.76. The summed E-state index contributed by atoms with van der Waals surface area (Å²) in [4.78, 5) is 19.6. The Morgan fingerprint density at radius 2 is 1.71 bits per heavy atom. The minimum atomic E-state index is -0.450. The molecule has 1 aromatic heterocycles. The summed E-state index contributed by atoms with van der Waals surface area (Å²) in [5, 5.41) is 7.89. The lowest BCUT2D eigenvalue weighted by atomic mass is 9.94. The molecule has 1 N–H and O–H groups in total. The van der Waals surface area contributed by atoms with Crippen LogP contribution >= 0.6 is 11.6 Å². The Labute approximate surface area is 202 Å². The molecule has 34 heavy (non-hydrogen) atoms. The van der Waals surface area contributed by atoms with Crippen LogP contribution in [0.15, 0.2) is 83.0 Å². The number of hydrogen-bond donors (Lipinski definition) is 1. The molecule has 7 heteroatoms. The van der Waals surface area contributed by atoms with Crippen molar-refractivity contribution in [3.8, 4) is 11.4 Å². The van der Waals surface area contributed by atoms with Gasteiger partial charge in [0.25, 0.3) is 5.89 Å². The third kappa shape index (κ3) is 4.08. The molecule has 1 atom stereocenters. The summed E-state index contributed by atoms with van der Waals surface area (Å²) in [6, 6.07) is 22.4. The average molecular weight is 471 g/mol. The van der Waals surface area contributed by atoms with Gasteiger partial charge in [0.15, 0.2) is 0 Å². The largest absolute Gasteiger partial charge is 0.334 e. The monoisotopic (exact) mass is 470 g/mol. The van der Waals surface area contributed by atoms with Crippen LogP contribution in [0.5, 0.6) is 0 Å². The molecule has 1 unspecified atom stereocenters. The van der Waals surface area contributed by atoms with Crippen LogP contribution < -0.4 is 10.2 Å². The van der Waals surface area contributed by atoms with Gasteiger partial charge in [0.1, 0.15) is 0 Å². The Hall–Kier alpha value is -3.90. The van der Waals surface area contributed by atoms with Crippen LogP contribution in [0.25, 0.3) is 17.0 Å². The van der Waals surface area contributed by atoms with Crippen LogP contribution in [0.3, 0.4) is 0 Å². The second-order valence-electron chi connectivity index (χ2n) is 8.40. The molecule has 5 rings (SSSR count). The Morgan fingerprint density at radius 3 is 2.44 bits per heavy atom. The molecule has 0 fully saturated rings. The van der Waals surface area contributed by atoms with Crippen molar-refractivity contribution in [1.82, 2.24) is 15.5 Å². The first kappa shape index (κ1) is 21.9.